The van der Waals surface area contributed by atoms with Crippen LogP contribution in [0.3, 0.4) is 0 Å². The molecule has 4 nitrogen and oxygen atoms in total. The summed E-state index contributed by atoms with van der Waals surface area (Å²) in [7, 11) is 0. The molecule has 0 aliphatic heterocycles. The molecule has 1 amide bonds. The van der Waals surface area contributed by atoms with E-state index in [1.165, 1.54) is 0 Å². The summed E-state index contributed by atoms with van der Waals surface area (Å²) in [5.74, 6) is -0.348. The smallest absolute Gasteiger partial charge is 0.352 e. The number of halogens is 3. The molecule has 18 heavy (non-hydrogen) atoms. The highest BCUT2D eigenvalue weighted by Crippen LogP contribution is 2.18. The first-order valence-electron chi connectivity index (χ1n) is 6.19. The van der Waals surface area contributed by atoms with Gasteiger partial charge in [0.15, 0.2) is 0 Å². The van der Waals surface area contributed by atoms with Crippen molar-refractivity contribution < 1.29 is 18.0 Å². The van der Waals surface area contributed by atoms with Gasteiger partial charge in [-0.2, -0.15) is 13.2 Å². The number of rotatable bonds is 6. The van der Waals surface area contributed by atoms with Crippen molar-refractivity contribution in [2.75, 3.05) is 26.2 Å². The molecule has 1 rings (SSSR count). The number of alkyl halides is 3. The molecule has 7 heteroatoms. The number of nitrogens with one attached hydrogen (secondary N) is 1. The van der Waals surface area contributed by atoms with Crippen molar-refractivity contribution in [1.82, 2.24) is 10.2 Å². The molecular weight excluding hydrogens is 247 g/mol. The molecule has 1 aliphatic rings. The third kappa shape index (κ3) is 6.20. The lowest BCUT2D eigenvalue weighted by Gasteiger charge is -2.23. The van der Waals surface area contributed by atoms with E-state index in [9.17, 15) is 18.0 Å². The zero-order valence-corrected chi connectivity index (χ0v) is 10.3. The molecule has 1 saturated carbocycles. The second-order valence-corrected chi connectivity index (χ2v) is 4.66. The van der Waals surface area contributed by atoms with Crippen LogP contribution in [0.1, 0.15) is 25.7 Å². The number of carbonyl (C=O) groups is 1. The largest absolute Gasteiger partial charge is 0.401 e. The van der Waals surface area contributed by atoms with Crippen molar-refractivity contribution >= 4 is 5.91 Å². The van der Waals surface area contributed by atoms with Gasteiger partial charge < -0.3 is 11.1 Å². The Kier molecular flexibility index (Phi) is 5.87. The molecule has 0 saturated heterocycles. The molecule has 3 N–H and O–H groups in total. The second-order valence-electron chi connectivity index (χ2n) is 4.66. The number of nitrogens with two attached hydrogens (primary N) is 1. The molecule has 106 valence electrons. The van der Waals surface area contributed by atoms with Gasteiger partial charge in [-0.1, -0.05) is 12.8 Å². The normalized spacial score (nSPS) is 17.4. The van der Waals surface area contributed by atoms with Crippen LogP contribution in [0.5, 0.6) is 0 Å². The van der Waals surface area contributed by atoms with Crippen molar-refractivity contribution in [3.63, 3.8) is 0 Å². The lowest BCUT2D eigenvalue weighted by molar-refractivity contribution is -0.148. The lowest BCUT2D eigenvalue weighted by Crippen LogP contribution is -2.45. The summed E-state index contributed by atoms with van der Waals surface area (Å²) in [5, 5.41) is 2.76. The van der Waals surface area contributed by atoms with E-state index < -0.39 is 12.7 Å². The molecule has 0 unspecified atom stereocenters. The summed E-state index contributed by atoms with van der Waals surface area (Å²) >= 11 is 0. The Balaban J connectivity index is 2.36. The van der Waals surface area contributed by atoms with Gasteiger partial charge in [0.05, 0.1) is 13.1 Å². The second kappa shape index (κ2) is 6.94. The third-order valence-electron chi connectivity index (χ3n) is 2.94. The van der Waals surface area contributed by atoms with Crippen molar-refractivity contribution in [1.29, 1.82) is 0 Å². The number of amides is 1. The van der Waals surface area contributed by atoms with E-state index in [-0.39, 0.29) is 31.6 Å². The number of hydrogen-bond acceptors (Lipinski definition) is 3. The number of hydrogen-bond donors (Lipinski definition) is 2. The summed E-state index contributed by atoms with van der Waals surface area (Å²) < 4.78 is 36.8. The summed E-state index contributed by atoms with van der Waals surface area (Å²) in [5.41, 5.74) is 5.25. The van der Waals surface area contributed by atoms with Crippen LogP contribution in [0.15, 0.2) is 0 Å². The van der Waals surface area contributed by atoms with Gasteiger partial charge in [0.25, 0.3) is 0 Å². The van der Waals surface area contributed by atoms with Crippen LogP contribution in [0.2, 0.25) is 0 Å². The van der Waals surface area contributed by atoms with Crippen molar-refractivity contribution in [2.45, 2.75) is 37.9 Å². The van der Waals surface area contributed by atoms with Crippen LogP contribution >= 0.6 is 0 Å². The Hall–Kier alpha value is -0.820. The van der Waals surface area contributed by atoms with E-state index in [1.807, 2.05) is 0 Å². The summed E-state index contributed by atoms with van der Waals surface area (Å²) in [4.78, 5) is 12.6. The Morgan fingerprint density at radius 1 is 1.33 bits per heavy atom. The lowest BCUT2D eigenvalue weighted by atomic mass is 10.2. The van der Waals surface area contributed by atoms with Crippen LogP contribution in [-0.2, 0) is 4.79 Å². The Morgan fingerprint density at radius 2 is 1.94 bits per heavy atom. The molecular formula is C11H20F3N3O. The van der Waals surface area contributed by atoms with E-state index in [1.54, 1.807) is 0 Å². The Bertz CT molecular complexity index is 265. The maximum atomic E-state index is 12.3. The first-order chi connectivity index (χ1) is 8.40. The van der Waals surface area contributed by atoms with Gasteiger partial charge in [0.1, 0.15) is 0 Å². The molecule has 0 aromatic rings. The molecule has 0 bridgehead atoms. The fourth-order valence-electron chi connectivity index (χ4n) is 2.20. The predicted octanol–water partition coefficient (Wildman–Crippen LogP) is 0.868. The maximum Gasteiger partial charge on any atom is 0.401 e. The fraction of sp³-hybridized carbons (Fsp3) is 0.909. The van der Waals surface area contributed by atoms with E-state index in [0.717, 1.165) is 30.6 Å². The predicted molar refractivity (Wildman–Crippen MR) is 61.9 cm³/mol. The summed E-state index contributed by atoms with van der Waals surface area (Å²) in [6, 6.07) is 0.128. The van der Waals surface area contributed by atoms with Crippen LogP contribution in [0, 0.1) is 0 Å². The zero-order valence-electron chi connectivity index (χ0n) is 10.3. The van der Waals surface area contributed by atoms with Crippen LogP contribution in [0.25, 0.3) is 0 Å². The summed E-state index contributed by atoms with van der Waals surface area (Å²) in [6.07, 6.45) is -0.327. The zero-order chi connectivity index (χ0) is 13.6. The number of carbonyl (C=O) groups excluding carboxylic acids is 1. The van der Waals surface area contributed by atoms with E-state index >= 15 is 0 Å². The molecule has 0 aromatic heterocycles. The van der Waals surface area contributed by atoms with E-state index in [4.69, 9.17) is 5.73 Å². The van der Waals surface area contributed by atoms with Gasteiger partial charge in [-0.05, 0) is 12.8 Å². The highest BCUT2D eigenvalue weighted by atomic mass is 19.4. The molecule has 0 aromatic carbocycles. The maximum absolute atomic E-state index is 12.3. The molecule has 0 heterocycles. The highest BCUT2D eigenvalue weighted by molar-refractivity contribution is 5.78. The minimum absolute atomic E-state index is 0.0671. The average Bonchev–Trinajstić information content (AvgIpc) is 2.67. The minimum Gasteiger partial charge on any atom is -0.352 e. The van der Waals surface area contributed by atoms with Gasteiger partial charge in [0, 0.05) is 19.1 Å². The molecule has 0 spiro atoms. The molecule has 1 aliphatic carbocycles. The van der Waals surface area contributed by atoms with Crippen molar-refractivity contribution in [2.24, 2.45) is 5.73 Å². The highest BCUT2D eigenvalue weighted by Gasteiger charge is 2.31. The fourth-order valence-corrected chi connectivity index (χ4v) is 2.20. The van der Waals surface area contributed by atoms with Crippen LogP contribution < -0.4 is 11.1 Å². The van der Waals surface area contributed by atoms with Gasteiger partial charge in [0.2, 0.25) is 5.91 Å². The average molecular weight is 267 g/mol. The van der Waals surface area contributed by atoms with E-state index in [0.29, 0.717) is 0 Å². The topological polar surface area (TPSA) is 58.4 Å². The van der Waals surface area contributed by atoms with E-state index in [2.05, 4.69) is 5.32 Å². The van der Waals surface area contributed by atoms with Crippen molar-refractivity contribution in [3.05, 3.63) is 0 Å². The Morgan fingerprint density at radius 3 is 2.44 bits per heavy atom. The van der Waals surface area contributed by atoms with Gasteiger partial charge >= 0.3 is 6.18 Å². The molecule has 0 atom stereocenters. The first-order valence-corrected chi connectivity index (χ1v) is 6.19. The Labute approximate surface area is 105 Å². The SMILES string of the molecule is NCCN(CC(=O)NC1CCCC1)CC(F)(F)F. The van der Waals surface area contributed by atoms with Gasteiger partial charge in [-0.15, -0.1) is 0 Å². The quantitative estimate of drug-likeness (QED) is 0.750. The van der Waals surface area contributed by atoms with Crippen LogP contribution in [-0.4, -0.2) is 49.2 Å². The molecule has 1 fully saturated rings. The van der Waals surface area contributed by atoms with Crippen molar-refractivity contribution in [3.8, 4) is 0 Å². The monoisotopic (exact) mass is 267 g/mol. The first kappa shape index (κ1) is 15.2. The molecule has 0 radical (unpaired) electrons. The standard InChI is InChI=1S/C11H20F3N3O/c12-11(13,14)8-17(6-5-15)7-10(18)16-9-3-1-2-4-9/h9H,1-8,15H2,(H,16,18). The van der Waals surface area contributed by atoms with Gasteiger partial charge in [-0.3, -0.25) is 9.69 Å². The number of nitrogens with zero attached hydrogens (tertiary/aromatic N) is 1. The summed E-state index contributed by atoms with van der Waals surface area (Å²) in [6.45, 7) is -1.17. The third-order valence-corrected chi connectivity index (χ3v) is 2.94. The van der Waals surface area contributed by atoms with Crippen LogP contribution in [0.4, 0.5) is 13.2 Å². The minimum atomic E-state index is -4.30. The van der Waals surface area contributed by atoms with Gasteiger partial charge in [-0.25, -0.2) is 0 Å².